The first-order chi connectivity index (χ1) is 23.7. The lowest BCUT2D eigenvalue weighted by atomic mass is 9.41. The molecule has 0 aromatic rings. The zero-order valence-corrected chi connectivity index (χ0v) is 29.1. The number of cyclic esters (lactones) is 1. The second-order valence-corrected chi connectivity index (χ2v) is 16.3. The second kappa shape index (κ2) is 13.4. The van der Waals surface area contributed by atoms with Crippen molar-refractivity contribution in [3.05, 3.63) is 11.6 Å². The zero-order valence-electron chi connectivity index (χ0n) is 29.1. The van der Waals surface area contributed by atoms with Crippen LogP contribution in [0.5, 0.6) is 0 Å². The van der Waals surface area contributed by atoms with Gasteiger partial charge in [0.25, 0.3) is 0 Å². The van der Waals surface area contributed by atoms with E-state index in [2.05, 4.69) is 6.92 Å². The summed E-state index contributed by atoms with van der Waals surface area (Å²) >= 11 is 0. The minimum atomic E-state index is -1.58. The number of hydrogen-bond donors (Lipinski definition) is 6. The molecule has 7 rings (SSSR count). The van der Waals surface area contributed by atoms with Crippen LogP contribution < -0.4 is 0 Å². The van der Waals surface area contributed by atoms with Crippen LogP contribution in [0.4, 0.5) is 0 Å². The fourth-order valence-corrected chi connectivity index (χ4v) is 11.5. The number of aliphatic hydroxyl groups excluding tert-OH is 4. The van der Waals surface area contributed by atoms with E-state index in [0.717, 1.165) is 18.3 Å². The quantitative estimate of drug-likeness (QED) is 0.113. The van der Waals surface area contributed by atoms with Gasteiger partial charge in [0.2, 0.25) is 0 Å². The van der Waals surface area contributed by atoms with Gasteiger partial charge in [-0.25, -0.2) is 4.79 Å². The molecule has 50 heavy (non-hydrogen) atoms. The van der Waals surface area contributed by atoms with Gasteiger partial charge >= 0.3 is 5.97 Å². The molecule has 6 fully saturated rings. The van der Waals surface area contributed by atoms with Gasteiger partial charge in [0.1, 0.15) is 43.4 Å². The number of carbonyl (C=O) groups excluding carboxylic acids is 2. The van der Waals surface area contributed by atoms with Crippen molar-refractivity contribution >= 4 is 12.3 Å². The molecule has 0 bridgehead atoms. The van der Waals surface area contributed by atoms with Crippen molar-refractivity contribution in [3.8, 4) is 0 Å². The second-order valence-electron chi connectivity index (χ2n) is 16.3. The number of methoxy groups -OCH3 is 1. The van der Waals surface area contributed by atoms with E-state index in [1.807, 2.05) is 0 Å². The Hall–Kier alpha value is -1.56. The van der Waals surface area contributed by atoms with E-state index in [1.54, 1.807) is 13.0 Å². The largest absolute Gasteiger partial charge is 0.458 e. The number of hydrogen-bond acceptors (Lipinski definition) is 14. The number of aliphatic hydroxyl groups is 6. The van der Waals surface area contributed by atoms with Gasteiger partial charge in [-0.05, 0) is 81.6 Å². The van der Waals surface area contributed by atoms with Crippen molar-refractivity contribution in [2.45, 2.75) is 151 Å². The van der Waals surface area contributed by atoms with E-state index >= 15 is 0 Å². The molecule has 2 saturated heterocycles. The molecule has 14 heteroatoms. The SMILES string of the molecule is CO[C@H]1C[C@H](O[C@H]2CC[C@]3(C=O)[C@H]4CC[C@]5(C)[C@@H](C6=CC(=O)OC6)CC[C@]5(O)[C@@H]4CC[C@]3(O)C2)O[C@H](C)[C@@H]1O[C@H]1O[C@H](CO)[C@@H](O)[C@H](O)[C@H]1O. The topological polar surface area (TPSA) is 211 Å². The molecule has 0 amide bonds. The van der Waals surface area contributed by atoms with Crippen LogP contribution in [0, 0.1) is 28.6 Å². The highest BCUT2D eigenvalue weighted by molar-refractivity contribution is 5.85. The van der Waals surface area contributed by atoms with Gasteiger partial charge in [-0.3, -0.25) is 0 Å². The minimum absolute atomic E-state index is 0.0352. The van der Waals surface area contributed by atoms with Gasteiger partial charge in [0.15, 0.2) is 12.6 Å². The molecule has 0 unspecified atom stereocenters. The van der Waals surface area contributed by atoms with Crippen LogP contribution in [-0.2, 0) is 38.0 Å². The third kappa shape index (κ3) is 5.55. The summed E-state index contributed by atoms with van der Waals surface area (Å²) in [6.45, 7) is 3.57. The summed E-state index contributed by atoms with van der Waals surface area (Å²) in [6.07, 6.45) is -2.52. The maximum Gasteiger partial charge on any atom is 0.331 e. The molecule has 0 spiro atoms. The van der Waals surface area contributed by atoms with Crippen LogP contribution in [0.15, 0.2) is 11.6 Å². The summed E-state index contributed by atoms with van der Waals surface area (Å²) in [7, 11) is 1.51. The predicted molar refractivity (Wildman–Crippen MR) is 171 cm³/mol. The van der Waals surface area contributed by atoms with E-state index < -0.39 is 90.1 Å². The lowest BCUT2D eigenvalue weighted by Crippen LogP contribution is -2.69. The van der Waals surface area contributed by atoms with Crippen LogP contribution in [0.25, 0.3) is 0 Å². The molecule has 6 N–H and O–H groups in total. The van der Waals surface area contributed by atoms with Crippen molar-refractivity contribution in [2.75, 3.05) is 20.3 Å². The van der Waals surface area contributed by atoms with Gasteiger partial charge in [-0.1, -0.05) is 6.92 Å². The van der Waals surface area contributed by atoms with Gasteiger partial charge in [0, 0.05) is 31.4 Å². The molecule has 3 aliphatic heterocycles. The van der Waals surface area contributed by atoms with Crippen LogP contribution >= 0.6 is 0 Å². The average molecular weight is 711 g/mol. The van der Waals surface area contributed by atoms with Gasteiger partial charge in [0.05, 0.1) is 41.5 Å². The van der Waals surface area contributed by atoms with Gasteiger partial charge in [-0.2, -0.15) is 0 Å². The monoisotopic (exact) mass is 710 g/mol. The number of fused-ring (bicyclic) bond motifs is 5. The Morgan fingerprint density at radius 3 is 2.40 bits per heavy atom. The highest BCUT2D eigenvalue weighted by Gasteiger charge is 2.71. The van der Waals surface area contributed by atoms with Gasteiger partial charge < -0.3 is 63.9 Å². The van der Waals surface area contributed by atoms with Crippen LogP contribution in [0.3, 0.4) is 0 Å². The van der Waals surface area contributed by atoms with Crippen LogP contribution in [0.1, 0.15) is 78.1 Å². The molecule has 4 aliphatic carbocycles. The van der Waals surface area contributed by atoms with E-state index in [4.69, 9.17) is 28.4 Å². The zero-order chi connectivity index (χ0) is 35.8. The van der Waals surface area contributed by atoms with Crippen molar-refractivity contribution in [2.24, 2.45) is 28.6 Å². The summed E-state index contributed by atoms with van der Waals surface area (Å²) in [5.41, 5.74) is -2.86. The Kier molecular flexibility index (Phi) is 9.84. The minimum Gasteiger partial charge on any atom is -0.458 e. The summed E-state index contributed by atoms with van der Waals surface area (Å²) in [5, 5.41) is 65.3. The summed E-state index contributed by atoms with van der Waals surface area (Å²) in [5.74, 6) is -0.635. The smallest absolute Gasteiger partial charge is 0.331 e. The lowest BCUT2D eigenvalue weighted by molar-refractivity contribution is -0.346. The van der Waals surface area contributed by atoms with E-state index in [0.29, 0.717) is 44.9 Å². The Labute approximate surface area is 292 Å². The molecule has 0 aromatic carbocycles. The molecular formula is C36H54O14. The van der Waals surface area contributed by atoms with E-state index in [-0.39, 0.29) is 43.2 Å². The Morgan fingerprint density at radius 1 is 0.960 bits per heavy atom. The number of aldehydes is 1. The fraction of sp³-hybridized carbons (Fsp3) is 0.889. The third-order valence-electron chi connectivity index (χ3n) is 14.2. The summed E-state index contributed by atoms with van der Waals surface area (Å²) < 4.78 is 35.2. The van der Waals surface area contributed by atoms with Gasteiger partial charge in [-0.15, -0.1) is 0 Å². The first kappa shape index (κ1) is 36.8. The molecular weight excluding hydrogens is 656 g/mol. The highest BCUT2D eigenvalue weighted by Crippen LogP contribution is 2.70. The van der Waals surface area contributed by atoms with Crippen molar-refractivity contribution in [1.29, 1.82) is 0 Å². The van der Waals surface area contributed by atoms with E-state index in [1.165, 1.54) is 7.11 Å². The number of esters is 1. The predicted octanol–water partition coefficient (Wildman–Crippen LogP) is 0.258. The average Bonchev–Trinajstić information content (AvgIpc) is 3.64. The van der Waals surface area contributed by atoms with Crippen LogP contribution in [0.2, 0.25) is 0 Å². The molecule has 0 aromatic heterocycles. The highest BCUT2D eigenvalue weighted by atomic mass is 16.7. The summed E-state index contributed by atoms with van der Waals surface area (Å²) in [4.78, 5) is 25.1. The van der Waals surface area contributed by atoms with Crippen molar-refractivity contribution in [1.82, 2.24) is 0 Å². The lowest BCUT2D eigenvalue weighted by Gasteiger charge is -2.65. The normalized spacial score (nSPS) is 53.5. The number of rotatable bonds is 8. The molecule has 4 saturated carbocycles. The number of ether oxygens (including phenoxy) is 6. The summed E-state index contributed by atoms with van der Waals surface area (Å²) in [6, 6.07) is 0. The molecule has 0 radical (unpaired) electrons. The first-order valence-corrected chi connectivity index (χ1v) is 18.3. The van der Waals surface area contributed by atoms with Crippen LogP contribution in [-0.4, -0.2) is 136 Å². The third-order valence-corrected chi connectivity index (χ3v) is 14.2. The standard InChI is InChI=1S/C36H54O14/c1-18-31(50-32-30(42)29(41)28(40)25(15-37)49-32)24(45-3)13-27(47-18)48-20-4-9-34(17-38)22-5-8-33(2)21(19-12-26(39)46-16-19)7-11-36(33,44)23(22)6-10-35(34,43)14-20/h12,17-18,20-25,27-32,37,40-44H,4-11,13-16H2,1-3H3/t18-,20+,21-,22+,23-,24+,25-,27+,28-,29+,30-,31+,32-,33-,34+,35+,36+/m1/s1. The first-order valence-electron chi connectivity index (χ1n) is 18.3. The molecule has 14 nitrogen and oxygen atoms in total. The Bertz CT molecular complexity index is 1330. The Balaban J connectivity index is 1.01. The maximum atomic E-state index is 13.2. The van der Waals surface area contributed by atoms with E-state index in [9.17, 15) is 40.2 Å². The molecule has 17 atom stereocenters. The van der Waals surface area contributed by atoms with Crippen molar-refractivity contribution < 1.29 is 68.6 Å². The Morgan fingerprint density at radius 2 is 1.72 bits per heavy atom. The molecule has 7 aliphatic rings. The maximum absolute atomic E-state index is 13.2. The molecule has 3 heterocycles. The fourth-order valence-electron chi connectivity index (χ4n) is 11.5. The number of carbonyl (C=O) groups is 2. The molecule has 282 valence electrons. The van der Waals surface area contributed by atoms with Crippen molar-refractivity contribution in [3.63, 3.8) is 0 Å².